The van der Waals surface area contributed by atoms with Crippen LogP contribution in [-0.2, 0) is 14.8 Å². The van der Waals surface area contributed by atoms with E-state index in [0.29, 0.717) is 29.3 Å². The summed E-state index contributed by atoms with van der Waals surface area (Å²) in [6.07, 6.45) is 3.59. The lowest BCUT2D eigenvalue weighted by atomic mass is 9.86. The van der Waals surface area contributed by atoms with Crippen molar-refractivity contribution in [2.24, 2.45) is 5.92 Å². The average Bonchev–Trinajstić information content (AvgIpc) is 3.28. The van der Waals surface area contributed by atoms with Crippen molar-refractivity contribution in [2.75, 3.05) is 13.1 Å². The van der Waals surface area contributed by atoms with Crippen molar-refractivity contribution in [3.05, 3.63) is 28.8 Å². The number of nitrogens with zero attached hydrogens (tertiary/aromatic N) is 1. The molecule has 0 aliphatic heterocycles. The van der Waals surface area contributed by atoms with Crippen LogP contribution in [0.3, 0.4) is 0 Å². The van der Waals surface area contributed by atoms with Gasteiger partial charge in [0.2, 0.25) is 10.0 Å². The average molecular weight is 387 g/mol. The maximum Gasteiger partial charge on any atom is 0.317 e. The molecule has 2 N–H and O–H groups in total. The fourth-order valence-corrected chi connectivity index (χ4v) is 5.05. The van der Waals surface area contributed by atoms with Crippen molar-refractivity contribution in [1.29, 1.82) is 0 Å². The molecule has 2 saturated carbocycles. The Labute approximate surface area is 153 Å². The van der Waals surface area contributed by atoms with E-state index in [0.717, 1.165) is 19.4 Å². The van der Waals surface area contributed by atoms with Crippen LogP contribution >= 0.6 is 11.6 Å². The molecule has 0 aromatic heterocycles. The molecular weight excluding hydrogens is 364 g/mol. The molecule has 2 aliphatic rings. The molecule has 25 heavy (non-hydrogen) atoms. The van der Waals surface area contributed by atoms with Crippen LogP contribution in [0.4, 0.5) is 0 Å². The van der Waals surface area contributed by atoms with Crippen LogP contribution in [0.1, 0.15) is 31.2 Å². The Bertz CT molecular complexity index is 758. The summed E-state index contributed by atoms with van der Waals surface area (Å²) in [6, 6.07) is 4.80. The number of carbonyl (C=O) groups is 1. The number of carboxylic acid groups (broad SMARTS) is 1. The number of rotatable bonds is 8. The van der Waals surface area contributed by atoms with Gasteiger partial charge in [-0.3, -0.25) is 9.69 Å². The van der Waals surface area contributed by atoms with Crippen LogP contribution in [-0.4, -0.2) is 49.6 Å². The van der Waals surface area contributed by atoms with Crippen LogP contribution in [0.5, 0.6) is 0 Å². The Morgan fingerprint density at radius 3 is 2.64 bits per heavy atom. The second kappa shape index (κ2) is 7.23. The van der Waals surface area contributed by atoms with Crippen LogP contribution < -0.4 is 4.72 Å². The van der Waals surface area contributed by atoms with Crippen LogP contribution in [0.15, 0.2) is 23.1 Å². The summed E-state index contributed by atoms with van der Waals surface area (Å²) in [5.74, 6) is -0.233. The predicted octanol–water partition coefficient (Wildman–Crippen LogP) is 2.25. The van der Waals surface area contributed by atoms with Crippen molar-refractivity contribution < 1.29 is 18.3 Å². The van der Waals surface area contributed by atoms with Crippen molar-refractivity contribution in [3.63, 3.8) is 0 Å². The molecule has 1 aromatic carbocycles. The number of benzene rings is 1. The molecule has 2 aliphatic carbocycles. The number of sulfonamides is 1. The first-order valence-electron chi connectivity index (χ1n) is 8.49. The SMILES string of the molecule is Cc1c(Cl)cccc1S(=O)(=O)NC1CC(N(CC(=O)O)CC2CC2)C1. The van der Waals surface area contributed by atoms with Gasteiger partial charge in [0.1, 0.15) is 0 Å². The number of nitrogens with one attached hydrogen (secondary N) is 1. The van der Waals surface area contributed by atoms with Gasteiger partial charge >= 0.3 is 5.97 Å². The van der Waals surface area contributed by atoms with E-state index in [4.69, 9.17) is 16.7 Å². The standard InChI is InChI=1S/C17H23ClN2O4S/c1-11-15(18)3-2-4-16(11)25(23,24)19-13-7-14(8-13)20(10-17(21)22)9-12-5-6-12/h2-4,12-14,19H,5-10H2,1H3,(H,21,22). The van der Waals surface area contributed by atoms with E-state index in [-0.39, 0.29) is 23.5 Å². The monoisotopic (exact) mass is 386 g/mol. The summed E-state index contributed by atoms with van der Waals surface area (Å²) >= 11 is 6.02. The summed E-state index contributed by atoms with van der Waals surface area (Å²) < 4.78 is 27.9. The highest BCUT2D eigenvalue weighted by molar-refractivity contribution is 7.89. The first-order chi connectivity index (χ1) is 11.8. The lowest BCUT2D eigenvalue weighted by Crippen LogP contribution is -2.55. The Kier molecular flexibility index (Phi) is 5.39. The van der Waals surface area contributed by atoms with E-state index < -0.39 is 16.0 Å². The largest absolute Gasteiger partial charge is 0.480 e. The maximum absolute atomic E-state index is 12.6. The summed E-state index contributed by atoms with van der Waals surface area (Å²) in [6.45, 7) is 2.50. The minimum Gasteiger partial charge on any atom is -0.480 e. The highest BCUT2D eigenvalue weighted by Crippen LogP contribution is 2.34. The molecule has 8 heteroatoms. The molecule has 6 nitrogen and oxygen atoms in total. The van der Waals surface area contributed by atoms with Gasteiger partial charge < -0.3 is 5.11 Å². The molecule has 1 aromatic rings. The number of hydrogen-bond acceptors (Lipinski definition) is 4. The normalized spacial score (nSPS) is 23.5. The second-order valence-corrected chi connectivity index (χ2v) is 9.16. The van der Waals surface area contributed by atoms with E-state index in [1.54, 1.807) is 25.1 Å². The predicted molar refractivity (Wildman–Crippen MR) is 95.3 cm³/mol. The summed E-state index contributed by atoms with van der Waals surface area (Å²) in [5, 5.41) is 9.50. The Hall–Kier alpha value is -1.15. The van der Waals surface area contributed by atoms with Crippen LogP contribution in [0.25, 0.3) is 0 Å². The van der Waals surface area contributed by atoms with E-state index >= 15 is 0 Å². The van der Waals surface area contributed by atoms with E-state index in [1.807, 2.05) is 4.90 Å². The summed E-state index contributed by atoms with van der Waals surface area (Å²) in [7, 11) is -3.63. The van der Waals surface area contributed by atoms with Gasteiger partial charge in [0, 0.05) is 23.7 Å². The maximum atomic E-state index is 12.6. The van der Waals surface area contributed by atoms with Gasteiger partial charge in [-0.1, -0.05) is 17.7 Å². The summed E-state index contributed by atoms with van der Waals surface area (Å²) in [4.78, 5) is 13.2. The molecule has 0 saturated heterocycles. The number of hydrogen-bond donors (Lipinski definition) is 2. The van der Waals surface area contributed by atoms with Gasteiger partial charge in [0.25, 0.3) is 0 Å². The zero-order valence-electron chi connectivity index (χ0n) is 14.1. The third-order valence-electron chi connectivity index (χ3n) is 4.99. The van der Waals surface area contributed by atoms with Crippen molar-refractivity contribution in [3.8, 4) is 0 Å². The smallest absolute Gasteiger partial charge is 0.317 e. The minimum absolute atomic E-state index is 0.0219. The molecular formula is C17H23ClN2O4S. The minimum atomic E-state index is -3.63. The second-order valence-electron chi connectivity index (χ2n) is 7.07. The molecule has 0 amide bonds. The lowest BCUT2D eigenvalue weighted by molar-refractivity contribution is -0.139. The molecule has 0 bridgehead atoms. The van der Waals surface area contributed by atoms with Gasteiger partial charge in [0.15, 0.2) is 0 Å². The number of aliphatic carboxylic acids is 1. The Morgan fingerprint density at radius 2 is 2.04 bits per heavy atom. The van der Waals surface area contributed by atoms with Crippen LogP contribution in [0.2, 0.25) is 5.02 Å². The van der Waals surface area contributed by atoms with Crippen molar-refractivity contribution in [2.45, 2.75) is 49.6 Å². The molecule has 3 rings (SSSR count). The molecule has 0 spiro atoms. The third-order valence-corrected chi connectivity index (χ3v) is 7.06. The van der Waals surface area contributed by atoms with E-state index in [9.17, 15) is 13.2 Å². The van der Waals surface area contributed by atoms with Gasteiger partial charge in [-0.05, 0) is 56.2 Å². The highest BCUT2D eigenvalue weighted by atomic mass is 35.5. The van der Waals surface area contributed by atoms with Gasteiger partial charge in [-0.25, -0.2) is 13.1 Å². The molecule has 2 fully saturated rings. The zero-order chi connectivity index (χ0) is 18.2. The Morgan fingerprint density at radius 1 is 1.36 bits per heavy atom. The first-order valence-corrected chi connectivity index (χ1v) is 10.4. The molecule has 138 valence electrons. The quantitative estimate of drug-likeness (QED) is 0.715. The summed E-state index contributed by atoms with van der Waals surface area (Å²) in [5.41, 5.74) is 0.536. The Balaban J connectivity index is 1.60. The molecule has 0 atom stereocenters. The topological polar surface area (TPSA) is 86.7 Å². The van der Waals surface area contributed by atoms with E-state index in [2.05, 4.69) is 4.72 Å². The number of carboxylic acids is 1. The fraction of sp³-hybridized carbons (Fsp3) is 0.588. The first kappa shape index (κ1) is 18.6. The molecule has 0 unspecified atom stereocenters. The lowest BCUT2D eigenvalue weighted by Gasteiger charge is -2.42. The zero-order valence-corrected chi connectivity index (χ0v) is 15.7. The third kappa shape index (κ3) is 4.53. The molecule has 0 heterocycles. The van der Waals surface area contributed by atoms with E-state index in [1.165, 1.54) is 0 Å². The highest BCUT2D eigenvalue weighted by Gasteiger charge is 2.39. The fourth-order valence-electron chi connectivity index (χ4n) is 3.29. The van der Waals surface area contributed by atoms with Gasteiger partial charge in [-0.15, -0.1) is 0 Å². The molecule has 0 radical (unpaired) electrons. The van der Waals surface area contributed by atoms with Gasteiger partial charge in [0.05, 0.1) is 11.4 Å². The van der Waals surface area contributed by atoms with Crippen molar-refractivity contribution >= 4 is 27.6 Å². The van der Waals surface area contributed by atoms with Gasteiger partial charge in [-0.2, -0.15) is 0 Å². The number of halogens is 1. The van der Waals surface area contributed by atoms with Crippen molar-refractivity contribution in [1.82, 2.24) is 9.62 Å². The van der Waals surface area contributed by atoms with Crippen LogP contribution in [0, 0.1) is 12.8 Å².